The van der Waals surface area contributed by atoms with Crippen LogP contribution in [0.1, 0.15) is 71.9 Å². The van der Waals surface area contributed by atoms with E-state index in [0.717, 1.165) is 43.4 Å². The van der Waals surface area contributed by atoms with Crippen molar-refractivity contribution in [2.24, 2.45) is 0 Å². The Bertz CT molecular complexity index is 1660. The Balaban J connectivity index is 1.41. The van der Waals surface area contributed by atoms with Gasteiger partial charge in [-0.3, -0.25) is 4.79 Å². The molecule has 4 aromatic rings. The molecule has 3 aromatic carbocycles. The molecule has 2 aliphatic rings. The Kier molecular flexibility index (Phi) is 7.63. The Labute approximate surface area is 240 Å². The van der Waals surface area contributed by atoms with Crippen LogP contribution in [0.3, 0.4) is 0 Å². The molecule has 2 aliphatic heterocycles. The average molecular weight is 542 g/mol. The van der Waals surface area contributed by atoms with Gasteiger partial charge in [0.25, 0.3) is 5.91 Å². The molecular formula is C34H31N5O2. The van der Waals surface area contributed by atoms with Gasteiger partial charge in [-0.2, -0.15) is 5.26 Å². The summed E-state index contributed by atoms with van der Waals surface area (Å²) in [5.74, 6) is 7.14. The van der Waals surface area contributed by atoms with Crippen molar-refractivity contribution in [1.82, 2.24) is 20.4 Å². The quantitative estimate of drug-likeness (QED) is 0.306. The van der Waals surface area contributed by atoms with Crippen molar-refractivity contribution in [3.63, 3.8) is 0 Å². The lowest BCUT2D eigenvalue weighted by molar-refractivity contribution is 0.0766. The van der Waals surface area contributed by atoms with E-state index in [-0.39, 0.29) is 23.9 Å². The van der Waals surface area contributed by atoms with Crippen LogP contribution in [0.2, 0.25) is 0 Å². The van der Waals surface area contributed by atoms with E-state index in [4.69, 9.17) is 4.42 Å². The van der Waals surface area contributed by atoms with Gasteiger partial charge in [0.05, 0.1) is 23.7 Å². The first-order valence-electron chi connectivity index (χ1n) is 14.2. The van der Waals surface area contributed by atoms with Gasteiger partial charge in [-0.25, -0.2) is 0 Å². The van der Waals surface area contributed by atoms with Gasteiger partial charge in [0.15, 0.2) is 0 Å². The van der Waals surface area contributed by atoms with Crippen LogP contribution in [0.25, 0.3) is 22.6 Å². The zero-order valence-electron chi connectivity index (χ0n) is 23.0. The number of nitrogens with one attached hydrogen (secondary N) is 1. The lowest BCUT2D eigenvalue weighted by Gasteiger charge is -2.30. The molecule has 1 N–H and O–H groups in total. The van der Waals surface area contributed by atoms with Crippen molar-refractivity contribution in [1.29, 1.82) is 5.26 Å². The fourth-order valence-corrected chi connectivity index (χ4v) is 6.04. The van der Waals surface area contributed by atoms with Gasteiger partial charge in [0, 0.05) is 23.6 Å². The molecule has 0 aliphatic carbocycles. The number of likely N-dealkylation sites (tertiary alicyclic amines) is 1. The normalized spacial score (nSPS) is 20.2. The van der Waals surface area contributed by atoms with E-state index in [2.05, 4.69) is 57.7 Å². The zero-order chi connectivity index (χ0) is 28.2. The number of hydrogen-bond donors (Lipinski definition) is 1. The molecule has 7 nitrogen and oxygen atoms in total. The Morgan fingerprint density at radius 1 is 1.00 bits per heavy atom. The number of carbonyl (C=O) groups excluding carboxylic acids is 1. The van der Waals surface area contributed by atoms with E-state index in [1.165, 1.54) is 5.56 Å². The monoisotopic (exact) mass is 541 g/mol. The van der Waals surface area contributed by atoms with Crippen LogP contribution >= 0.6 is 0 Å². The number of piperidine rings is 1. The molecule has 41 heavy (non-hydrogen) atoms. The van der Waals surface area contributed by atoms with Crippen molar-refractivity contribution in [3.8, 4) is 40.5 Å². The fourth-order valence-electron chi connectivity index (χ4n) is 6.04. The van der Waals surface area contributed by atoms with Crippen LogP contribution in [0, 0.1) is 23.2 Å². The van der Waals surface area contributed by atoms with Gasteiger partial charge in [-0.15, -0.1) is 16.1 Å². The molecule has 6 rings (SSSR count). The Morgan fingerprint density at radius 3 is 2.63 bits per heavy atom. The first kappa shape index (κ1) is 26.5. The summed E-state index contributed by atoms with van der Waals surface area (Å²) in [6, 6.07) is 25.5. The summed E-state index contributed by atoms with van der Waals surface area (Å²) < 4.78 is 6.33. The molecule has 1 aromatic heterocycles. The first-order valence-corrected chi connectivity index (χ1v) is 14.2. The molecule has 3 atom stereocenters. The SMILES string of the molecule is CC#C[C@H]1CCCN1C(=O)c1cc(-c2nnc([C@H]3NCCC[C@H]3c3ccccc3)o2)cc(-c2ccccc2C#N)c1. The summed E-state index contributed by atoms with van der Waals surface area (Å²) in [6.07, 6.45) is 3.87. The zero-order valence-corrected chi connectivity index (χ0v) is 23.0. The molecule has 2 fully saturated rings. The summed E-state index contributed by atoms with van der Waals surface area (Å²) in [4.78, 5) is 15.7. The summed E-state index contributed by atoms with van der Waals surface area (Å²) in [6.45, 7) is 3.34. The maximum atomic E-state index is 13.8. The second-order valence-corrected chi connectivity index (χ2v) is 10.5. The molecule has 1 amide bonds. The average Bonchev–Trinajstić information content (AvgIpc) is 3.72. The molecule has 2 saturated heterocycles. The highest BCUT2D eigenvalue weighted by atomic mass is 16.4. The van der Waals surface area contributed by atoms with Gasteiger partial charge in [-0.1, -0.05) is 54.5 Å². The second-order valence-electron chi connectivity index (χ2n) is 10.5. The molecule has 0 radical (unpaired) electrons. The molecule has 0 unspecified atom stereocenters. The van der Waals surface area contributed by atoms with Gasteiger partial charge < -0.3 is 14.6 Å². The van der Waals surface area contributed by atoms with Crippen LogP contribution in [0.5, 0.6) is 0 Å². The lowest BCUT2D eigenvalue weighted by Crippen LogP contribution is -2.34. The number of nitrogens with zero attached hydrogens (tertiary/aromatic N) is 4. The highest BCUT2D eigenvalue weighted by Crippen LogP contribution is 2.38. The number of hydrogen-bond acceptors (Lipinski definition) is 6. The third kappa shape index (κ3) is 5.37. The third-order valence-electron chi connectivity index (χ3n) is 8.00. The van der Waals surface area contributed by atoms with E-state index in [1.54, 1.807) is 13.0 Å². The van der Waals surface area contributed by atoms with E-state index < -0.39 is 0 Å². The second kappa shape index (κ2) is 11.8. The summed E-state index contributed by atoms with van der Waals surface area (Å²) in [5, 5.41) is 22.3. The van der Waals surface area contributed by atoms with E-state index >= 15 is 0 Å². The van der Waals surface area contributed by atoms with Crippen molar-refractivity contribution < 1.29 is 9.21 Å². The molecule has 3 heterocycles. The standard InChI is InChI=1S/C34H31N5O2/c1-2-10-28-14-9-18-39(28)34(40)27-20-25(29-15-7-6-13-24(29)22-35)19-26(21-27)32-37-38-33(41-32)31-30(16-8-17-36-31)23-11-4-3-5-12-23/h3-7,11-13,15,19-21,28,30-31,36H,8-9,14,16-18H2,1H3/t28-,30-,31-/m0/s1. The van der Waals surface area contributed by atoms with Gasteiger partial charge in [0.1, 0.15) is 0 Å². The molecule has 0 saturated carbocycles. The number of carbonyl (C=O) groups is 1. The molecule has 7 heteroatoms. The third-order valence-corrected chi connectivity index (χ3v) is 8.00. The number of aromatic nitrogens is 2. The minimum Gasteiger partial charge on any atom is -0.419 e. The Hall–Kier alpha value is -4.72. The smallest absolute Gasteiger partial charge is 0.254 e. The maximum absolute atomic E-state index is 13.8. The van der Waals surface area contributed by atoms with Crippen molar-refractivity contribution in [2.75, 3.05) is 13.1 Å². The predicted molar refractivity (Wildman–Crippen MR) is 157 cm³/mol. The highest BCUT2D eigenvalue weighted by Gasteiger charge is 2.32. The van der Waals surface area contributed by atoms with Gasteiger partial charge in [-0.05, 0) is 80.1 Å². The van der Waals surface area contributed by atoms with Crippen LogP contribution in [0.4, 0.5) is 0 Å². The first-order chi connectivity index (χ1) is 20.2. The highest BCUT2D eigenvalue weighted by molar-refractivity contribution is 5.97. The van der Waals surface area contributed by atoms with Crippen LogP contribution in [-0.4, -0.2) is 40.1 Å². The number of amides is 1. The number of benzene rings is 3. The topological polar surface area (TPSA) is 95.1 Å². The molecule has 204 valence electrons. The lowest BCUT2D eigenvalue weighted by atomic mass is 9.85. The summed E-state index contributed by atoms with van der Waals surface area (Å²) >= 11 is 0. The summed E-state index contributed by atoms with van der Waals surface area (Å²) in [7, 11) is 0. The van der Waals surface area contributed by atoms with Gasteiger partial charge >= 0.3 is 0 Å². The predicted octanol–water partition coefficient (Wildman–Crippen LogP) is 6.11. The van der Waals surface area contributed by atoms with E-state index in [1.807, 2.05) is 47.4 Å². The van der Waals surface area contributed by atoms with Crippen molar-refractivity contribution >= 4 is 5.91 Å². The molecular weight excluding hydrogens is 510 g/mol. The van der Waals surface area contributed by atoms with Crippen LogP contribution in [-0.2, 0) is 0 Å². The minimum absolute atomic E-state index is 0.0920. The summed E-state index contributed by atoms with van der Waals surface area (Å²) in [5.41, 5.74) is 4.41. The largest absolute Gasteiger partial charge is 0.419 e. The fraction of sp³-hybridized carbons (Fsp3) is 0.294. The van der Waals surface area contributed by atoms with E-state index in [9.17, 15) is 10.1 Å². The Morgan fingerprint density at radius 2 is 1.80 bits per heavy atom. The molecule has 0 spiro atoms. The van der Waals surface area contributed by atoms with Crippen molar-refractivity contribution in [2.45, 2.75) is 50.6 Å². The molecule has 0 bridgehead atoms. The maximum Gasteiger partial charge on any atom is 0.254 e. The van der Waals surface area contributed by atoms with Crippen LogP contribution in [0.15, 0.2) is 77.2 Å². The van der Waals surface area contributed by atoms with Gasteiger partial charge in [0.2, 0.25) is 11.8 Å². The van der Waals surface area contributed by atoms with Crippen LogP contribution < -0.4 is 5.32 Å². The number of rotatable bonds is 5. The minimum atomic E-state index is -0.103. The number of nitriles is 1. The van der Waals surface area contributed by atoms with Crippen molar-refractivity contribution in [3.05, 3.63) is 95.4 Å². The van der Waals surface area contributed by atoms with E-state index in [0.29, 0.717) is 35.0 Å².